The van der Waals surface area contributed by atoms with Gasteiger partial charge in [0.2, 0.25) is 0 Å². The van der Waals surface area contributed by atoms with E-state index >= 15 is 0 Å². The maximum absolute atomic E-state index is 5.83. The number of hydrogen-bond acceptors (Lipinski definition) is 2. The maximum Gasteiger partial charge on any atom is 0.142 e. The van der Waals surface area contributed by atoms with E-state index in [1.165, 1.54) is 0 Å². The summed E-state index contributed by atoms with van der Waals surface area (Å²) >= 11 is 9.18. The molecular formula is C9H7BrClN3. The van der Waals surface area contributed by atoms with Gasteiger partial charge in [0.1, 0.15) is 12.1 Å². The third-order valence-electron chi connectivity index (χ3n) is 1.80. The average molecular weight is 273 g/mol. The van der Waals surface area contributed by atoms with E-state index in [2.05, 4.69) is 25.9 Å². The van der Waals surface area contributed by atoms with Crippen molar-refractivity contribution in [2.45, 2.75) is 5.88 Å². The van der Waals surface area contributed by atoms with E-state index < -0.39 is 0 Å². The molecule has 0 bridgehead atoms. The Balaban J connectivity index is 2.53. The molecule has 0 radical (unpaired) electrons. The standard InChI is InChI=1S/C9H7BrClN3/c10-8-3-7(4-11)9(13-5-8)14-2-1-12-6-14/h1-3,5-6H,4H2. The smallest absolute Gasteiger partial charge is 0.142 e. The highest BCUT2D eigenvalue weighted by molar-refractivity contribution is 9.10. The predicted octanol–water partition coefficient (Wildman–Crippen LogP) is 2.77. The highest BCUT2D eigenvalue weighted by Gasteiger charge is 2.05. The van der Waals surface area contributed by atoms with Crippen LogP contribution < -0.4 is 0 Å². The number of nitrogens with zero attached hydrogens (tertiary/aromatic N) is 3. The second kappa shape index (κ2) is 4.11. The number of halogens is 2. The molecular weight excluding hydrogens is 265 g/mol. The van der Waals surface area contributed by atoms with E-state index in [0.717, 1.165) is 15.9 Å². The molecule has 0 aliphatic heterocycles. The molecule has 72 valence electrons. The van der Waals surface area contributed by atoms with Gasteiger partial charge in [-0.2, -0.15) is 0 Å². The number of hydrogen-bond donors (Lipinski definition) is 0. The lowest BCUT2D eigenvalue weighted by Crippen LogP contribution is -1.99. The molecule has 0 unspecified atom stereocenters. The van der Waals surface area contributed by atoms with Crippen molar-refractivity contribution in [1.29, 1.82) is 0 Å². The van der Waals surface area contributed by atoms with Gasteiger partial charge in [0.05, 0.1) is 5.88 Å². The minimum Gasteiger partial charge on any atom is -0.290 e. The van der Waals surface area contributed by atoms with Crippen molar-refractivity contribution < 1.29 is 0 Å². The molecule has 0 spiro atoms. The lowest BCUT2D eigenvalue weighted by atomic mass is 10.3. The van der Waals surface area contributed by atoms with Gasteiger partial charge < -0.3 is 0 Å². The van der Waals surface area contributed by atoms with Crippen molar-refractivity contribution in [2.75, 3.05) is 0 Å². The van der Waals surface area contributed by atoms with Gasteiger partial charge in [-0.25, -0.2) is 9.97 Å². The van der Waals surface area contributed by atoms with Crippen LogP contribution in [0.4, 0.5) is 0 Å². The van der Waals surface area contributed by atoms with Crippen molar-refractivity contribution in [1.82, 2.24) is 14.5 Å². The summed E-state index contributed by atoms with van der Waals surface area (Å²) in [5.41, 5.74) is 0.971. The van der Waals surface area contributed by atoms with Gasteiger partial charge in [0.15, 0.2) is 0 Å². The number of aromatic nitrogens is 3. The Morgan fingerprint density at radius 1 is 1.50 bits per heavy atom. The van der Waals surface area contributed by atoms with E-state index in [-0.39, 0.29) is 0 Å². The molecule has 0 atom stereocenters. The summed E-state index contributed by atoms with van der Waals surface area (Å²) in [6, 6.07) is 1.95. The molecule has 2 aromatic heterocycles. The lowest BCUT2D eigenvalue weighted by molar-refractivity contribution is 0.968. The summed E-state index contributed by atoms with van der Waals surface area (Å²) in [7, 11) is 0. The van der Waals surface area contributed by atoms with E-state index in [1.54, 1.807) is 18.7 Å². The molecule has 0 fully saturated rings. The zero-order valence-corrected chi connectivity index (χ0v) is 9.53. The first-order valence-electron chi connectivity index (χ1n) is 4.00. The van der Waals surface area contributed by atoms with E-state index in [0.29, 0.717) is 5.88 Å². The van der Waals surface area contributed by atoms with Gasteiger partial charge in [0.25, 0.3) is 0 Å². The molecule has 5 heteroatoms. The van der Waals surface area contributed by atoms with Crippen molar-refractivity contribution in [3.63, 3.8) is 0 Å². The van der Waals surface area contributed by atoms with E-state index in [4.69, 9.17) is 11.6 Å². The molecule has 0 amide bonds. The average Bonchev–Trinajstić information content (AvgIpc) is 2.70. The second-order valence-corrected chi connectivity index (χ2v) is 3.92. The Morgan fingerprint density at radius 3 is 3.00 bits per heavy atom. The van der Waals surface area contributed by atoms with E-state index in [1.807, 2.05) is 16.8 Å². The minimum atomic E-state index is 0.431. The first kappa shape index (κ1) is 9.68. The third kappa shape index (κ3) is 1.81. The second-order valence-electron chi connectivity index (χ2n) is 2.74. The largest absolute Gasteiger partial charge is 0.290 e. The monoisotopic (exact) mass is 271 g/mol. The number of rotatable bonds is 2. The normalized spacial score (nSPS) is 10.4. The molecule has 0 aliphatic rings. The van der Waals surface area contributed by atoms with Gasteiger partial charge in [0, 0.05) is 28.6 Å². The fourth-order valence-corrected chi connectivity index (χ4v) is 1.76. The van der Waals surface area contributed by atoms with Crippen molar-refractivity contribution in [3.05, 3.63) is 41.0 Å². The first-order chi connectivity index (χ1) is 6.81. The highest BCUT2D eigenvalue weighted by Crippen LogP contribution is 2.18. The molecule has 3 nitrogen and oxygen atoms in total. The Bertz CT molecular complexity index is 428. The molecule has 2 aromatic rings. The van der Waals surface area contributed by atoms with Crippen LogP contribution in [0.15, 0.2) is 35.5 Å². The SMILES string of the molecule is ClCc1cc(Br)cnc1-n1ccnc1. The molecule has 0 N–H and O–H groups in total. The summed E-state index contributed by atoms with van der Waals surface area (Å²) in [5.74, 6) is 1.25. The van der Waals surface area contributed by atoms with Gasteiger partial charge in [-0.3, -0.25) is 4.57 Å². The first-order valence-corrected chi connectivity index (χ1v) is 5.32. The summed E-state index contributed by atoms with van der Waals surface area (Å²) in [6.07, 6.45) is 6.99. The third-order valence-corrected chi connectivity index (χ3v) is 2.52. The molecule has 0 saturated carbocycles. The fraction of sp³-hybridized carbons (Fsp3) is 0.111. The Labute approximate surface area is 94.9 Å². The minimum absolute atomic E-state index is 0.431. The summed E-state index contributed by atoms with van der Waals surface area (Å²) < 4.78 is 2.77. The van der Waals surface area contributed by atoms with Gasteiger partial charge in [-0.15, -0.1) is 11.6 Å². The molecule has 2 rings (SSSR count). The molecule has 14 heavy (non-hydrogen) atoms. The number of alkyl halides is 1. The quantitative estimate of drug-likeness (QED) is 0.787. The van der Waals surface area contributed by atoms with Crippen LogP contribution in [-0.4, -0.2) is 14.5 Å². The molecule has 0 saturated heterocycles. The van der Waals surface area contributed by atoms with Crippen LogP contribution >= 0.6 is 27.5 Å². The fourth-order valence-electron chi connectivity index (χ4n) is 1.19. The van der Waals surface area contributed by atoms with Crippen molar-refractivity contribution >= 4 is 27.5 Å². The summed E-state index contributed by atoms with van der Waals surface area (Å²) in [6.45, 7) is 0. The van der Waals surface area contributed by atoms with Crippen LogP contribution in [0.1, 0.15) is 5.56 Å². The van der Waals surface area contributed by atoms with Crippen LogP contribution in [0.2, 0.25) is 0 Å². The van der Waals surface area contributed by atoms with Crippen LogP contribution in [0.3, 0.4) is 0 Å². The van der Waals surface area contributed by atoms with Crippen LogP contribution in [0, 0.1) is 0 Å². The van der Waals surface area contributed by atoms with Crippen molar-refractivity contribution in [2.24, 2.45) is 0 Å². The van der Waals surface area contributed by atoms with E-state index in [9.17, 15) is 0 Å². The van der Waals surface area contributed by atoms with Crippen LogP contribution in [-0.2, 0) is 5.88 Å². The van der Waals surface area contributed by atoms with Gasteiger partial charge >= 0.3 is 0 Å². The summed E-state index contributed by atoms with van der Waals surface area (Å²) in [4.78, 5) is 8.25. The van der Waals surface area contributed by atoms with Gasteiger partial charge in [-0.05, 0) is 22.0 Å². The Hall–Kier alpha value is -0.870. The molecule has 0 aromatic carbocycles. The topological polar surface area (TPSA) is 30.7 Å². The number of imidazole rings is 1. The lowest BCUT2D eigenvalue weighted by Gasteiger charge is -2.06. The Morgan fingerprint density at radius 2 is 2.36 bits per heavy atom. The highest BCUT2D eigenvalue weighted by atomic mass is 79.9. The zero-order chi connectivity index (χ0) is 9.97. The van der Waals surface area contributed by atoms with Gasteiger partial charge in [-0.1, -0.05) is 0 Å². The van der Waals surface area contributed by atoms with Crippen LogP contribution in [0.5, 0.6) is 0 Å². The number of pyridine rings is 1. The molecule has 2 heterocycles. The summed E-state index contributed by atoms with van der Waals surface area (Å²) in [5, 5.41) is 0. The maximum atomic E-state index is 5.83. The molecule has 0 aliphatic carbocycles. The van der Waals surface area contributed by atoms with Crippen LogP contribution in [0.25, 0.3) is 5.82 Å². The van der Waals surface area contributed by atoms with Crippen molar-refractivity contribution in [3.8, 4) is 5.82 Å². The predicted molar refractivity (Wildman–Crippen MR) is 58.6 cm³/mol. The Kier molecular flexibility index (Phi) is 2.84. The zero-order valence-electron chi connectivity index (χ0n) is 7.19.